The minimum atomic E-state index is -0.533. The van der Waals surface area contributed by atoms with Crippen LogP contribution in [0.4, 0.5) is 14.9 Å². The van der Waals surface area contributed by atoms with E-state index in [1.54, 1.807) is 59.5 Å². The van der Waals surface area contributed by atoms with Crippen molar-refractivity contribution in [1.29, 1.82) is 0 Å². The van der Waals surface area contributed by atoms with Gasteiger partial charge in [-0.3, -0.25) is 9.36 Å². The number of fused-ring (bicyclic) bond motifs is 1. The maximum absolute atomic E-state index is 13.7. The zero-order valence-corrected chi connectivity index (χ0v) is 21.2. The van der Waals surface area contributed by atoms with Gasteiger partial charge in [-0.1, -0.05) is 50.6 Å². The minimum absolute atomic E-state index is 0.149. The van der Waals surface area contributed by atoms with E-state index >= 15 is 0 Å². The second kappa shape index (κ2) is 10.9. The lowest BCUT2D eigenvalue weighted by Gasteiger charge is -2.33. The first-order chi connectivity index (χ1) is 17.3. The van der Waals surface area contributed by atoms with Crippen LogP contribution in [0.1, 0.15) is 39.1 Å². The summed E-state index contributed by atoms with van der Waals surface area (Å²) in [5, 5.41) is 3.88. The largest absolute Gasteiger partial charge is 0.322 e. The number of carbonyl (C=O) groups is 1. The van der Waals surface area contributed by atoms with Gasteiger partial charge in [0, 0.05) is 17.3 Å². The van der Waals surface area contributed by atoms with E-state index in [4.69, 9.17) is 16.6 Å². The highest BCUT2D eigenvalue weighted by Crippen LogP contribution is 2.28. The van der Waals surface area contributed by atoms with E-state index in [1.807, 2.05) is 26.8 Å². The lowest BCUT2D eigenvalue weighted by atomic mass is 10.1. The molecule has 0 spiro atoms. The molecule has 36 heavy (non-hydrogen) atoms. The standard InChI is InChI=1S/C28H28ClFN4O2/c1-4-25(33(17-18(2)3)28(36)31-21-9-7-8-19(29)16-21)26-32-24-11-6-5-10-23(24)27(35)34(26)22-14-12-20(30)13-15-22/h5-16,18,25H,4,17H2,1-3H3,(H,31,36). The third-order valence-electron chi connectivity index (χ3n) is 5.85. The van der Waals surface area contributed by atoms with Crippen LogP contribution in [0.25, 0.3) is 16.6 Å². The molecule has 4 aromatic rings. The van der Waals surface area contributed by atoms with Crippen molar-refractivity contribution in [3.05, 3.63) is 99.8 Å². The van der Waals surface area contributed by atoms with Crippen molar-refractivity contribution in [3.63, 3.8) is 0 Å². The molecule has 1 N–H and O–H groups in total. The molecule has 0 radical (unpaired) electrons. The molecule has 186 valence electrons. The second-order valence-electron chi connectivity index (χ2n) is 9.01. The molecule has 1 heterocycles. The summed E-state index contributed by atoms with van der Waals surface area (Å²) in [6, 6.07) is 18.9. The fraction of sp³-hybridized carbons (Fsp3) is 0.250. The van der Waals surface area contributed by atoms with E-state index in [9.17, 15) is 14.0 Å². The van der Waals surface area contributed by atoms with E-state index in [-0.39, 0.29) is 17.5 Å². The van der Waals surface area contributed by atoms with E-state index in [2.05, 4.69) is 5.32 Å². The van der Waals surface area contributed by atoms with Gasteiger partial charge in [-0.05, 0) is 66.9 Å². The van der Waals surface area contributed by atoms with Crippen LogP contribution in [0.15, 0.2) is 77.6 Å². The number of urea groups is 1. The highest BCUT2D eigenvalue weighted by atomic mass is 35.5. The number of rotatable bonds is 7. The lowest BCUT2D eigenvalue weighted by molar-refractivity contribution is 0.171. The number of nitrogens with one attached hydrogen (secondary N) is 1. The number of anilines is 1. The Morgan fingerprint density at radius 3 is 2.47 bits per heavy atom. The normalized spacial score (nSPS) is 12.1. The SMILES string of the molecule is CCC(c1nc2ccccc2c(=O)n1-c1ccc(F)cc1)N(CC(C)C)C(=O)Nc1cccc(Cl)c1. The number of carbonyl (C=O) groups excluding carboxylic acids is 1. The average Bonchev–Trinajstić information content (AvgIpc) is 2.85. The molecule has 1 aromatic heterocycles. The zero-order valence-electron chi connectivity index (χ0n) is 20.4. The van der Waals surface area contributed by atoms with Crippen molar-refractivity contribution >= 4 is 34.2 Å². The molecule has 0 fully saturated rings. The minimum Gasteiger partial charge on any atom is -0.314 e. The van der Waals surface area contributed by atoms with Gasteiger partial charge in [0.05, 0.1) is 22.6 Å². The van der Waals surface area contributed by atoms with Gasteiger partial charge in [-0.25, -0.2) is 14.2 Å². The van der Waals surface area contributed by atoms with E-state index in [0.717, 1.165) is 0 Å². The van der Waals surface area contributed by atoms with Crippen molar-refractivity contribution in [2.45, 2.75) is 33.2 Å². The molecular weight excluding hydrogens is 479 g/mol. The monoisotopic (exact) mass is 506 g/mol. The number of aromatic nitrogens is 2. The first-order valence-corrected chi connectivity index (χ1v) is 12.3. The number of hydrogen-bond donors (Lipinski definition) is 1. The molecule has 0 aliphatic heterocycles. The molecule has 1 atom stereocenters. The molecule has 0 bridgehead atoms. The maximum Gasteiger partial charge on any atom is 0.322 e. The Labute approximate surface area is 214 Å². The van der Waals surface area contributed by atoms with Crippen LogP contribution in [-0.4, -0.2) is 27.0 Å². The van der Waals surface area contributed by atoms with Gasteiger partial charge >= 0.3 is 6.03 Å². The summed E-state index contributed by atoms with van der Waals surface area (Å²) in [5.74, 6) is 0.154. The number of para-hydroxylation sites is 1. The average molecular weight is 507 g/mol. The van der Waals surface area contributed by atoms with Crippen molar-refractivity contribution in [2.24, 2.45) is 5.92 Å². The summed E-state index contributed by atoms with van der Waals surface area (Å²) in [5.41, 5.74) is 1.31. The van der Waals surface area contributed by atoms with Crippen LogP contribution in [0.5, 0.6) is 0 Å². The van der Waals surface area contributed by atoms with Crippen LogP contribution in [-0.2, 0) is 0 Å². The number of hydrogen-bond acceptors (Lipinski definition) is 3. The highest BCUT2D eigenvalue weighted by Gasteiger charge is 2.30. The van der Waals surface area contributed by atoms with Crippen molar-refractivity contribution in [2.75, 3.05) is 11.9 Å². The van der Waals surface area contributed by atoms with Gasteiger partial charge in [0.25, 0.3) is 5.56 Å². The summed E-state index contributed by atoms with van der Waals surface area (Å²) in [4.78, 5) is 33.8. The smallest absolute Gasteiger partial charge is 0.314 e. The van der Waals surface area contributed by atoms with Gasteiger partial charge in [-0.2, -0.15) is 0 Å². The fourth-order valence-corrected chi connectivity index (χ4v) is 4.45. The van der Waals surface area contributed by atoms with Gasteiger partial charge in [0.15, 0.2) is 0 Å². The second-order valence-corrected chi connectivity index (χ2v) is 9.45. The molecular formula is C28H28ClFN4O2. The molecule has 0 aliphatic carbocycles. The Morgan fingerprint density at radius 1 is 1.08 bits per heavy atom. The van der Waals surface area contributed by atoms with Gasteiger partial charge in [0.2, 0.25) is 0 Å². The van der Waals surface area contributed by atoms with E-state index < -0.39 is 11.9 Å². The third-order valence-corrected chi connectivity index (χ3v) is 6.08. The topological polar surface area (TPSA) is 67.2 Å². The quantitative estimate of drug-likeness (QED) is 0.299. The Balaban J connectivity index is 1.88. The van der Waals surface area contributed by atoms with Crippen molar-refractivity contribution < 1.29 is 9.18 Å². The number of nitrogens with zero attached hydrogens (tertiary/aromatic N) is 3. The predicted octanol–water partition coefficient (Wildman–Crippen LogP) is 6.82. The molecule has 1 unspecified atom stereocenters. The summed E-state index contributed by atoms with van der Waals surface area (Å²) in [6.07, 6.45) is 0.502. The zero-order chi connectivity index (χ0) is 25.8. The summed E-state index contributed by atoms with van der Waals surface area (Å²) >= 11 is 6.11. The molecule has 3 aromatic carbocycles. The van der Waals surface area contributed by atoms with E-state index in [0.29, 0.717) is 46.1 Å². The number of amides is 2. The Kier molecular flexibility index (Phi) is 7.70. The van der Waals surface area contributed by atoms with Crippen LogP contribution >= 0.6 is 11.6 Å². The first kappa shape index (κ1) is 25.4. The Morgan fingerprint density at radius 2 is 1.81 bits per heavy atom. The summed E-state index contributed by atoms with van der Waals surface area (Å²) in [6.45, 7) is 6.42. The highest BCUT2D eigenvalue weighted by molar-refractivity contribution is 6.30. The number of halogens is 2. The molecule has 4 rings (SSSR count). The van der Waals surface area contributed by atoms with Crippen LogP contribution in [0.2, 0.25) is 5.02 Å². The van der Waals surface area contributed by atoms with Crippen LogP contribution in [0, 0.1) is 11.7 Å². The summed E-state index contributed by atoms with van der Waals surface area (Å²) < 4.78 is 15.2. The lowest BCUT2D eigenvalue weighted by Crippen LogP contribution is -2.42. The summed E-state index contributed by atoms with van der Waals surface area (Å²) in [7, 11) is 0. The fourth-order valence-electron chi connectivity index (χ4n) is 4.26. The Hall–Kier alpha value is -3.71. The van der Waals surface area contributed by atoms with E-state index in [1.165, 1.54) is 16.7 Å². The molecule has 0 saturated heterocycles. The van der Waals surface area contributed by atoms with Crippen molar-refractivity contribution in [3.8, 4) is 5.69 Å². The Bertz CT molecular complexity index is 1440. The molecule has 2 amide bonds. The van der Waals surface area contributed by atoms with Crippen LogP contribution in [0.3, 0.4) is 0 Å². The molecule has 6 nitrogen and oxygen atoms in total. The van der Waals surface area contributed by atoms with Crippen molar-refractivity contribution in [1.82, 2.24) is 14.5 Å². The first-order valence-electron chi connectivity index (χ1n) is 11.9. The third kappa shape index (κ3) is 5.41. The number of benzene rings is 3. The predicted molar refractivity (Wildman–Crippen MR) is 142 cm³/mol. The molecule has 0 saturated carbocycles. The van der Waals surface area contributed by atoms with Gasteiger partial charge in [-0.15, -0.1) is 0 Å². The van der Waals surface area contributed by atoms with Gasteiger partial charge in [0.1, 0.15) is 11.6 Å². The van der Waals surface area contributed by atoms with Crippen LogP contribution < -0.4 is 10.9 Å². The van der Waals surface area contributed by atoms with Gasteiger partial charge < -0.3 is 10.2 Å². The molecule has 0 aliphatic rings. The maximum atomic E-state index is 13.7. The molecule has 8 heteroatoms.